The number of aromatic nitrogens is 1. The van der Waals surface area contributed by atoms with Crippen molar-refractivity contribution in [3.63, 3.8) is 0 Å². The van der Waals surface area contributed by atoms with Gasteiger partial charge in [0.1, 0.15) is 0 Å². The van der Waals surface area contributed by atoms with Crippen molar-refractivity contribution >= 4 is 45.9 Å². The van der Waals surface area contributed by atoms with Gasteiger partial charge in [-0.3, -0.25) is 9.78 Å². The van der Waals surface area contributed by atoms with Gasteiger partial charge >= 0.3 is 0 Å². The topological polar surface area (TPSA) is 42.0 Å². The van der Waals surface area contributed by atoms with E-state index in [1.807, 2.05) is 54.6 Å². The second-order valence-corrected chi connectivity index (χ2v) is 6.47. The summed E-state index contributed by atoms with van der Waals surface area (Å²) in [6.07, 6.45) is 1.73. The van der Waals surface area contributed by atoms with Crippen molar-refractivity contribution in [2.75, 3.05) is 11.1 Å². The molecule has 0 fully saturated rings. The second kappa shape index (κ2) is 7.49. The molecule has 1 amide bonds. The Morgan fingerprint density at radius 3 is 2.70 bits per heavy atom. The monoisotopic (exact) mass is 342 g/mol. The fourth-order valence-corrected chi connectivity index (χ4v) is 3.15. The molecule has 3 aromatic rings. The van der Waals surface area contributed by atoms with E-state index in [1.165, 1.54) is 0 Å². The maximum atomic E-state index is 12.1. The van der Waals surface area contributed by atoms with Crippen LogP contribution in [0.3, 0.4) is 0 Å². The van der Waals surface area contributed by atoms with E-state index in [0.717, 1.165) is 32.9 Å². The van der Waals surface area contributed by atoms with Gasteiger partial charge in [-0.05, 0) is 29.8 Å². The first-order chi connectivity index (χ1) is 11.2. The fraction of sp³-hybridized carbons (Fsp3) is 0.111. The van der Waals surface area contributed by atoms with Crippen LogP contribution in [0.15, 0.2) is 60.8 Å². The number of anilines is 1. The van der Waals surface area contributed by atoms with Gasteiger partial charge in [0.25, 0.3) is 0 Å². The number of nitrogens with one attached hydrogen (secondary N) is 1. The number of rotatable bonds is 5. The lowest BCUT2D eigenvalue weighted by molar-refractivity contribution is -0.113. The number of carbonyl (C=O) groups excluding carboxylic acids is 1. The third-order valence-corrected chi connectivity index (χ3v) is 4.58. The van der Waals surface area contributed by atoms with Gasteiger partial charge in [-0.15, -0.1) is 11.8 Å². The molecule has 116 valence electrons. The summed E-state index contributed by atoms with van der Waals surface area (Å²) in [7, 11) is 0. The van der Waals surface area contributed by atoms with E-state index in [-0.39, 0.29) is 5.91 Å². The smallest absolute Gasteiger partial charge is 0.234 e. The van der Waals surface area contributed by atoms with Gasteiger partial charge in [0, 0.05) is 22.4 Å². The Balaban J connectivity index is 1.57. The molecule has 3 rings (SSSR count). The molecule has 0 aliphatic rings. The van der Waals surface area contributed by atoms with Gasteiger partial charge in [-0.1, -0.05) is 41.9 Å². The maximum absolute atomic E-state index is 12.1. The van der Waals surface area contributed by atoms with Crippen LogP contribution < -0.4 is 5.32 Å². The summed E-state index contributed by atoms with van der Waals surface area (Å²) in [6.45, 7) is 0. The van der Waals surface area contributed by atoms with Gasteiger partial charge in [0.15, 0.2) is 0 Å². The Kier molecular flexibility index (Phi) is 5.16. The lowest BCUT2D eigenvalue weighted by Gasteiger charge is -2.08. The molecule has 0 atom stereocenters. The quantitative estimate of drug-likeness (QED) is 0.726. The summed E-state index contributed by atoms with van der Waals surface area (Å²) in [5, 5.41) is 4.67. The Morgan fingerprint density at radius 2 is 1.87 bits per heavy atom. The summed E-state index contributed by atoms with van der Waals surface area (Å²) in [4.78, 5) is 16.5. The first-order valence-corrected chi connectivity index (χ1v) is 8.71. The SMILES string of the molecule is O=C(CSCc1ccc(Cl)cc1)Nc1cccc2cccnc12. The molecule has 0 saturated heterocycles. The number of benzene rings is 2. The number of pyridine rings is 1. The fourth-order valence-electron chi connectivity index (χ4n) is 2.23. The summed E-state index contributed by atoms with van der Waals surface area (Å²) >= 11 is 7.43. The van der Waals surface area contributed by atoms with Crippen LogP contribution >= 0.6 is 23.4 Å². The van der Waals surface area contributed by atoms with Crippen LogP contribution in [-0.4, -0.2) is 16.6 Å². The van der Waals surface area contributed by atoms with Crippen molar-refractivity contribution < 1.29 is 4.79 Å². The van der Waals surface area contributed by atoms with Crippen molar-refractivity contribution in [1.82, 2.24) is 4.98 Å². The van der Waals surface area contributed by atoms with Crippen LogP contribution in [0.1, 0.15) is 5.56 Å². The van der Waals surface area contributed by atoms with E-state index in [9.17, 15) is 4.79 Å². The highest BCUT2D eigenvalue weighted by molar-refractivity contribution is 7.99. The highest BCUT2D eigenvalue weighted by atomic mass is 35.5. The first-order valence-electron chi connectivity index (χ1n) is 7.18. The van der Waals surface area contributed by atoms with E-state index in [0.29, 0.717) is 5.75 Å². The molecule has 0 spiro atoms. The van der Waals surface area contributed by atoms with Gasteiger partial charge in [-0.25, -0.2) is 0 Å². The van der Waals surface area contributed by atoms with Crippen LogP contribution in [-0.2, 0) is 10.5 Å². The van der Waals surface area contributed by atoms with Gasteiger partial charge in [-0.2, -0.15) is 0 Å². The van der Waals surface area contributed by atoms with E-state index >= 15 is 0 Å². The van der Waals surface area contributed by atoms with Crippen LogP contribution in [0.2, 0.25) is 5.02 Å². The van der Waals surface area contributed by atoms with Gasteiger partial charge in [0.2, 0.25) is 5.91 Å². The molecule has 0 saturated carbocycles. The summed E-state index contributed by atoms with van der Waals surface area (Å²) in [5.74, 6) is 1.15. The number of nitrogens with zero attached hydrogens (tertiary/aromatic N) is 1. The zero-order chi connectivity index (χ0) is 16.1. The lowest BCUT2D eigenvalue weighted by Crippen LogP contribution is -2.14. The highest BCUT2D eigenvalue weighted by Crippen LogP contribution is 2.21. The Bertz CT molecular complexity index is 815. The Labute approximate surface area is 144 Å². The normalized spacial score (nSPS) is 10.7. The number of thioether (sulfide) groups is 1. The minimum atomic E-state index is -0.0258. The minimum absolute atomic E-state index is 0.0258. The molecule has 0 aliphatic carbocycles. The number of carbonyl (C=O) groups is 1. The number of hydrogen-bond acceptors (Lipinski definition) is 3. The van der Waals surface area contributed by atoms with Crippen molar-refractivity contribution in [2.24, 2.45) is 0 Å². The molecule has 5 heteroatoms. The minimum Gasteiger partial charge on any atom is -0.323 e. The number of halogens is 1. The first kappa shape index (κ1) is 15.8. The molecular formula is C18H15ClN2OS. The predicted octanol–water partition coefficient (Wildman–Crippen LogP) is 4.76. The molecule has 1 heterocycles. The maximum Gasteiger partial charge on any atom is 0.234 e. The van der Waals surface area contributed by atoms with E-state index < -0.39 is 0 Å². The summed E-state index contributed by atoms with van der Waals surface area (Å²) in [5.41, 5.74) is 2.71. The molecule has 0 unspecified atom stereocenters. The van der Waals surface area contributed by atoms with Gasteiger partial charge < -0.3 is 5.32 Å². The lowest BCUT2D eigenvalue weighted by atomic mass is 10.2. The highest BCUT2D eigenvalue weighted by Gasteiger charge is 2.07. The van der Waals surface area contributed by atoms with Gasteiger partial charge in [0.05, 0.1) is 17.0 Å². The molecular weight excluding hydrogens is 328 g/mol. The molecule has 23 heavy (non-hydrogen) atoms. The van der Waals surface area contributed by atoms with E-state index in [1.54, 1.807) is 18.0 Å². The average Bonchev–Trinajstić information content (AvgIpc) is 2.57. The molecule has 0 aliphatic heterocycles. The van der Waals surface area contributed by atoms with Crippen molar-refractivity contribution in [3.8, 4) is 0 Å². The number of amides is 1. The average molecular weight is 343 g/mol. The Hall–Kier alpha value is -2.04. The molecule has 0 radical (unpaired) electrons. The molecule has 1 N–H and O–H groups in total. The second-order valence-electron chi connectivity index (χ2n) is 5.05. The largest absolute Gasteiger partial charge is 0.323 e. The molecule has 2 aromatic carbocycles. The van der Waals surface area contributed by atoms with E-state index in [2.05, 4.69) is 10.3 Å². The number of hydrogen-bond donors (Lipinski definition) is 1. The zero-order valence-electron chi connectivity index (χ0n) is 12.3. The number of para-hydroxylation sites is 1. The number of fused-ring (bicyclic) bond motifs is 1. The molecule has 3 nitrogen and oxygen atoms in total. The standard InChI is InChI=1S/C18H15ClN2OS/c19-15-8-6-13(7-9-15)11-23-12-17(22)21-16-5-1-3-14-4-2-10-20-18(14)16/h1-10H,11-12H2,(H,21,22). The van der Waals surface area contributed by atoms with Crippen LogP contribution in [0.25, 0.3) is 10.9 Å². The summed E-state index contributed by atoms with van der Waals surface area (Å²) in [6, 6.07) is 17.3. The van der Waals surface area contributed by atoms with Crippen molar-refractivity contribution in [1.29, 1.82) is 0 Å². The zero-order valence-corrected chi connectivity index (χ0v) is 13.9. The molecule has 0 bridgehead atoms. The van der Waals surface area contributed by atoms with Crippen LogP contribution in [0.5, 0.6) is 0 Å². The third kappa shape index (κ3) is 4.24. The third-order valence-electron chi connectivity index (χ3n) is 3.32. The Morgan fingerprint density at radius 1 is 1.09 bits per heavy atom. The van der Waals surface area contributed by atoms with Crippen molar-refractivity contribution in [3.05, 3.63) is 71.4 Å². The van der Waals surface area contributed by atoms with E-state index in [4.69, 9.17) is 11.6 Å². The van der Waals surface area contributed by atoms with Crippen LogP contribution in [0.4, 0.5) is 5.69 Å². The molecule has 1 aromatic heterocycles. The van der Waals surface area contributed by atoms with Crippen molar-refractivity contribution in [2.45, 2.75) is 5.75 Å². The predicted molar refractivity (Wildman–Crippen MR) is 98.0 cm³/mol. The summed E-state index contributed by atoms with van der Waals surface area (Å²) < 4.78 is 0. The van der Waals surface area contributed by atoms with Crippen LogP contribution in [0, 0.1) is 0 Å².